The lowest BCUT2D eigenvalue weighted by Gasteiger charge is -2.35. The lowest BCUT2D eigenvalue weighted by molar-refractivity contribution is 0.257. The Labute approximate surface area is 173 Å². The predicted molar refractivity (Wildman–Crippen MR) is 114 cm³/mol. The van der Waals surface area contributed by atoms with Crippen molar-refractivity contribution in [3.63, 3.8) is 0 Å². The van der Waals surface area contributed by atoms with Gasteiger partial charge in [-0.1, -0.05) is 0 Å². The van der Waals surface area contributed by atoms with E-state index in [4.69, 9.17) is 0 Å². The number of halogens is 1. The average Bonchev–Trinajstić information content (AvgIpc) is 3.31. The minimum atomic E-state index is -0.514. The van der Waals surface area contributed by atoms with E-state index < -0.39 is 5.82 Å². The van der Waals surface area contributed by atoms with Crippen molar-refractivity contribution < 1.29 is 9.18 Å². The Morgan fingerprint density at radius 2 is 1.97 bits per heavy atom. The predicted octanol–water partition coefficient (Wildman–Crippen LogP) is 2.52. The Morgan fingerprint density at radius 3 is 2.77 bits per heavy atom. The van der Waals surface area contributed by atoms with Crippen LogP contribution in [0.15, 0.2) is 30.7 Å². The van der Waals surface area contributed by atoms with Crippen LogP contribution in [-0.4, -0.2) is 65.1 Å². The van der Waals surface area contributed by atoms with Crippen LogP contribution in [0.2, 0.25) is 0 Å². The van der Waals surface area contributed by atoms with E-state index in [-0.39, 0.29) is 11.7 Å². The third kappa shape index (κ3) is 3.24. The summed E-state index contributed by atoms with van der Waals surface area (Å²) in [6, 6.07) is 2.97. The van der Waals surface area contributed by atoms with Crippen molar-refractivity contribution in [1.29, 1.82) is 0 Å². The van der Waals surface area contributed by atoms with Gasteiger partial charge < -0.3 is 19.5 Å². The monoisotopic (exact) mass is 409 g/mol. The van der Waals surface area contributed by atoms with Gasteiger partial charge in [0.05, 0.1) is 11.4 Å². The summed E-state index contributed by atoms with van der Waals surface area (Å²) in [6.45, 7) is 6.29. The third-order valence-electron chi connectivity index (χ3n) is 5.84. The van der Waals surface area contributed by atoms with Gasteiger partial charge in [-0.2, -0.15) is 0 Å². The quantitative estimate of drug-likeness (QED) is 0.705. The summed E-state index contributed by atoms with van der Waals surface area (Å²) in [5.74, 6) is 0.143. The Kier molecular flexibility index (Phi) is 4.54. The number of nitrogens with zero attached hydrogens (tertiary/aromatic N) is 6. The zero-order valence-electron chi connectivity index (χ0n) is 17.1. The van der Waals surface area contributed by atoms with E-state index in [9.17, 15) is 9.18 Å². The molecule has 8 nitrogen and oxygen atoms in total. The fourth-order valence-corrected chi connectivity index (χ4v) is 4.23. The molecular formula is C21H24FN7O. The number of amides is 2. The van der Waals surface area contributed by atoms with E-state index in [2.05, 4.69) is 32.1 Å². The first-order valence-electron chi connectivity index (χ1n) is 10.1. The fourth-order valence-electron chi connectivity index (χ4n) is 4.23. The van der Waals surface area contributed by atoms with Crippen LogP contribution < -0.4 is 15.1 Å². The minimum absolute atomic E-state index is 0.119. The lowest BCUT2D eigenvalue weighted by atomic mass is 10.1. The van der Waals surface area contributed by atoms with Gasteiger partial charge in [0.25, 0.3) is 0 Å². The molecule has 0 saturated carbocycles. The second kappa shape index (κ2) is 7.24. The molecule has 0 radical (unpaired) electrons. The molecule has 0 bridgehead atoms. The molecule has 1 N–H and O–H groups in total. The van der Waals surface area contributed by atoms with Crippen LogP contribution in [0.3, 0.4) is 0 Å². The molecular weight excluding hydrogens is 385 g/mol. The Morgan fingerprint density at radius 1 is 1.17 bits per heavy atom. The number of urea groups is 1. The zero-order valence-corrected chi connectivity index (χ0v) is 17.1. The van der Waals surface area contributed by atoms with Crippen molar-refractivity contribution in [2.45, 2.75) is 13.3 Å². The number of hydrogen-bond acceptors (Lipinski definition) is 5. The van der Waals surface area contributed by atoms with Crippen molar-refractivity contribution in [2.24, 2.45) is 0 Å². The number of piperazine rings is 1. The number of hydrogen-bond donors (Lipinski definition) is 1. The number of fused-ring (bicyclic) bond motifs is 2. The molecule has 0 spiro atoms. The number of carbonyl (C=O) groups excluding carboxylic acids is 1. The van der Waals surface area contributed by atoms with Crippen molar-refractivity contribution in [3.8, 4) is 0 Å². The summed E-state index contributed by atoms with van der Waals surface area (Å²) in [5.41, 5.74) is 3.64. The molecule has 0 aromatic carbocycles. The van der Waals surface area contributed by atoms with Crippen LogP contribution in [0.25, 0.3) is 5.65 Å². The summed E-state index contributed by atoms with van der Waals surface area (Å²) in [5, 5.41) is 2.70. The highest BCUT2D eigenvalue weighted by Crippen LogP contribution is 2.34. The van der Waals surface area contributed by atoms with Crippen molar-refractivity contribution in [1.82, 2.24) is 19.3 Å². The van der Waals surface area contributed by atoms with Gasteiger partial charge in [-0.05, 0) is 26.5 Å². The standard InChI is InChI=1S/C21H24FN7O/c1-14-12-28-13-17(16(22)11-19(28)24-14)25-21(30)29-6-4-15-18(3-5-23-20(15)29)27-9-7-26(2)8-10-27/h3,5,11-13H,4,6-10H2,1-2H3,(H,25,30). The number of pyridine rings is 2. The maximum Gasteiger partial charge on any atom is 0.327 e. The average molecular weight is 409 g/mol. The number of aromatic nitrogens is 3. The molecule has 1 fully saturated rings. The van der Waals surface area contributed by atoms with E-state index in [1.165, 1.54) is 6.07 Å². The number of carbonyl (C=O) groups is 1. The first kappa shape index (κ1) is 18.8. The largest absolute Gasteiger partial charge is 0.369 e. The number of anilines is 3. The fraction of sp³-hybridized carbons (Fsp3) is 0.381. The Bertz CT molecular complexity index is 1120. The molecule has 3 aromatic rings. The maximum atomic E-state index is 14.5. The normalized spacial score (nSPS) is 16.9. The van der Waals surface area contributed by atoms with Gasteiger partial charge in [-0.25, -0.2) is 19.2 Å². The SMILES string of the molecule is Cc1cn2cc(NC(=O)N3CCc4c(N5CCN(C)CC5)ccnc43)c(F)cc2n1. The first-order valence-corrected chi connectivity index (χ1v) is 10.1. The molecule has 156 valence electrons. The van der Waals surface area contributed by atoms with Crippen LogP contribution in [0.4, 0.5) is 26.4 Å². The number of imidazole rings is 1. The van der Waals surface area contributed by atoms with Crippen molar-refractivity contribution in [2.75, 3.05) is 54.9 Å². The number of rotatable bonds is 2. The highest BCUT2D eigenvalue weighted by Gasteiger charge is 2.30. The number of nitrogens with one attached hydrogen (secondary N) is 1. The van der Waals surface area contributed by atoms with Crippen LogP contribution in [0, 0.1) is 12.7 Å². The molecule has 2 aliphatic heterocycles. The van der Waals surface area contributed by atoms with Crippen molar-refractivity contribution >= 4 is 28.9 Å². The highest BCUT2D eigenvalue weighted by molar-refractivity contribution is 6.03. The topological polar surface area (TPSA) is 69.0 Å². The smallest absolute Gasteiger partial charge is 0.327 e. The molecule has 9 heteroatoms. The van der Waals surface area contributed by atoms with E-state index >= 15 is 0 Å². The molecule has 0 aliphatic carbocycles. The van der Waals surface area contributed by atoms with E-state index in [0.29, 0.717) is 18.0 Å². The molecule has 5 heterocycles. The van der Waals surface area contributed by atoms with Gasteiger partial charge in [0.1, 0.15) is 11.5 Å². The second-order valence-electron chi connectivity index (χ2n) is 7.94. The third-order valence-corrected chi connectivity index (χ3v) is 5.84. The lowest BCUT2D eigenvalue weighted by Crippen LogP contribution is -2.44. The van der Waals surface area contributed by atoms with Crippen molar-refractivity contribution in [3.05, 3.63) is 47.8 Å². The van der Waals surface area contributed by atoms with Crippen LogP contribution in [0.5, 0.6) is 0 Å². The van der Waals surface area contributed by atoms with Crippen LogP contribution in [0.1, 0.15) is 11.3 Å². The van der Waals surface area contributed by atoms with E-state index in [0.717, 1.165) is 49.5 Å². The second-order valence-corrected chi connectivity index (χ2v) is 7.94. The van der Waals surface area contributed by atoms with Crippen LogP contribution in [-0.2, 0) is 6.42 Å². The van der Waals surface area contributed by atoms with Gasteiger partial charge in [0.15, 0.2) is 5.82 Å². The maximum absolute atomic E-state index is 14.5. The first-order chi connectivity index (χ1) is 14.5. The zero-order chi connectivity index (χ0) is 20.8. The van der Waals surface area contributed by atoms with Gasteiger partial charge in [0.2, 0.25) is 0 Å². The summed E-state index contributed by atoms with van der Waals surface area (Å²) in [4.78, 5) is 27.9. The van der Waals surface area contributed by atoms with Crippen LogP contribution >= 0.6 is 0 Å². The Balaban J connectivity index is 1.39. The van der Waals surface area contributed by atoms with Gasteiger partial charge >= 0.3 is 6.03 Å². The van der Waals surface area contributed by atoms with E-state index in [1.54, 1.807) is 27.9 Å². The van der Waals surface area contributed by atoms with Gasteiger partial charge in [-0.15, -0.1) is 0 Å². The summed E-state index contributed by atoms with van der Waals surface area (Å²) < 4.78 is 16.2. The van der Waals surface area contributed by atoms with Gasteiger partial charge in [0, 0.05) is 68.6 Å². The summed E-state index contributed by atoms with van der Waals surface area (Å²) in [7, 11) is 2.13. The molecule has 0 atom stereocenters. The Hall–Kier alpha value is -3.20. The molecule has 3 aromatic heterocycles. The molecule has 2 aliphatic rings. The van der Waals surface area contributed by atoms with E-state index in [1.807, 2.05) is 13.0 Å². The molecule has 2 amide bonds. The summed E-state index contributed by atoms with van der Waals surface area (Å²) >= 11 is 0. The molecule has 0 unspecified atom stereocenters. The molecule has 30 heavy (non-hydrogen) atoms. The number of aryl methyl sites for hydroxylation is 1. The highest BCUT2D eigenvalue weighted by atomic mass is 19.1. The molecule has 5 rings (SSSR count). The summed E-state index contributed by atoms with van der Waals surface area (Å²) in [6.07, 6.45) is 5.83. The van der Waals surface area contributed by atoms with Gasteiger partial charge in [-0.3, -0.25) is 4.90 Å². The number of likely N-dealkylation sites (N-methyl/N-ethyl adjacent to an activating group) is 1. The minimum Gasteiger partial charge on any atom is -0.369 e. The molecule has 1 saturated heterocycles.